The van der Waals surface area contributed by atoms with Gasteiger partial charge in [0.1, 0.15) is 11.3 Å². The topological polar surface area (TPSA) is 48.2 Å². The van der Waals surface area contributed by atoms with Crippen LogP contribution in [0.5, 0.6) is 11.6 Å². The summed E-state index contributed by atoms with van der Waals surface area (Å²) in [6, 6.07) is 13.8. The average molecular weight is 392 g/mol. The van der Waals surface area contributed by atoms with Crippen molar-refractivity contribution < 1.29 is 9.15 Å². The molecule has 2 heterocycles. The zero-order valence-corrected chi connectivity index (χ0v) is 14.8. The number of rotatable bonds is 3. The Bertz CT molecular complexity index is 1080. The van der Waals surface area contributed by atoms with E-state index in [4.69, 9.17) is 44.0 Å². The number of hydrogen-bond donors (Lipinski definition) is 0. The molecule has 0 saturated heterocycles. The maximum atomic E-state index is 6.03. The van der Waals surface area contributed by atoms with Crippen LogP contribution < -0.4 is 4.74 Å². The van der Waals surface area contributed by atoms with E-state index in [9.17, 15) is 0 Å². The maximum Gasteiger partial charge on any atom is 0.232 e. The van der Waals surface area contributed by atoms with Gasteiger partial charge in [-0.05, 0) is 42.5 Å². The molecule has 0 saturated carbocycles. The van der Waals surface area contributed by atoms with Crippen molar-refractivity contribution in [1.82, 2.24) is 9.97 Å². The first-order valence-electron chi connectivity index (χ1n) is 7.24. The van der Waals surface area contributed by atoms with Gasteiger partial charge in [0.25, 0.3) is 0 Å². The molecule has 0 fully saturated rings. The fourth-order valence-electron chi connectivity index (χ4n) is 2.30. The van der Waals surface area contributed by atoms with Crippen LogP contribution in [0, 0.1) is 0 Å². The van der Waals surface area contributed by atoms with Gasteiger partial charge in [-0.15, -0.1) is 0 Å². The molecule has 0 unspecified atom stereocenters. The van der Waals surface area contributed by atoms with Crippen LogP contribution in [-0.4, -0.2) is 9.97 Å². The summed E-state index contributed by atoms with van der Waals surface area (Å²) in [6.07, 6.45) is 1.62. The quantitative estimate of drug-likeness (QED) is 0.392. The predicted molar refractivity (Wildman–Crippen MR) is 98.8 cm³/mol. The first-order valence-corrected chi connectivity index (χ1v) is 8.38. The summed E-state index contributed by atoms with van der Waals surface area (Å²) in [6.45, 7) is 0. The van der Waals surface area contributed by atoms with E-state index < -0.39 is 0 Å². The standard InChI is InChI=1S/C18H9Cl3N2O2/c19-10-3-6-16-15(8-10)23-18(25-16)12-2-1-7-22-17(12)24-11-4-5-13(20)14(21)9-11/h1-9H. The van der Waals surface area contributed by atoms with E-state index in [1.54, 1.807) is 48.7 Å². The zero-order chi connectivity index (χ0) is 17.4. The molecular weight excluding hydrogens is 383 g/mol. The molecule has 0 N–H and O–H groups in total. The Kier molecular flexibility index (Phi) is 4.25. The van der Waals surface area contributed by atoms with E-state index in [0.29, 0.717) is 49.3 Å². The van der Waals surface area contributed by atoms with Gasteiger partial charge in [0, 0.05) is 17.3 Å². The Balaban J connectivity index is 1.76. The van der Waals surface area contributed by atoms with Crippen LogP contribution in [0.4, 0.5) is 0 Å². The van der Waals surface area contributed by atoms with Crippen LogP contribution in [0.3, 0.4) is 0 Å². The van der Waals surface area contributed by atoms with Crippen molar-refractivity contribution in [2.24, 2.45) is 0 Å². The Hall–Kier alpha value is -2.27. The van der Waals surface area contributed by atoms with E-state index in [2.05, 4.69) is 9.97 Å². The fraction of sp³-hybridized carbons (Fsp3) is 0. The second-order valence-corrected chi connectivity index (χ2v) is 6.42. The summed E-state index contributed by atoms with van der Waals surface area (Å²) in [5, 5.41) is 1.44. The summed E-state index contributed by atoms with van der Waals surface area (Å²) in [5.41, 5.74) is 1.90. The van der Waals surface area contributed by atoms with Crippen molar-refractivity contribution in [3.8, 4) is 23.1 Å². The third kappa shape index (κ3) is 3.29. The highest BCUT2D eigenvalue weighted by Crippen LogP contribution is 2.35. The van der Waals surface area contributed by atoms with E-state index >= 15 is 0 Å². The molecule has 2 aromatic carbocycles. The van der Waals surface area contributed by atoms with Gasteiger partial charge in [-0.25, -0.2) is 9.97 Å². The first kappa shape index (κ1) is 16.2. The van der Waals surface area contributed by atoms with Gasteiger partial charge in [0.15, 0.2) is 5.58 Å². The molecule has 0 aliphatic heterocycles. The molecule has 25 heavy (non-hydrogen) atoms. The molecule has 0 spiro atoms. The molecular formula is C18H9Cl3N2O2. The molecule has 2 aromatic heterocycles. The van der Waals surface area contributed by atoms with Crippen molar-refractivity contribution in [3.63, 3.8) is 0 Å². The highest BCUT2D eigenvalue weighted by molar-refractivity contribution is 6.42. The number of ether oxygens (including phenoxy) is 1. The lowest BCUT2D eigenvalue weighted by Crippen LogP contribution is -1.91. The second-order valence-electron chi connectivity index (χ2n) is 5.17. The lowest BCUT2D eigenvalue weighted by molar-refractivity contribution is 0.462. The van der Waals surface area contributed by atoms with Crippen molar-refractivity contribution in [1.29, 1.82) is 0 Å². The Morgan fingerprint density at radius 2 is 1.80 bits per heavy atom. The SMILES string of the molecule is Clc1ccc2oc(-c3cccnc3Oc3ccc(Cl)c(Cl)c3)nc2c1. The number of aromatic nitrogens is 2. The molecule has 4 nitrogen and oxygen atoms in total. The highest BCUT2D eigenvalue weighted by Gasteiger charge is 2.15. The minimum absolute atomic E-state index is 0.346. The minimum Gasteiger partial charge on any atom is -0.438 e. The van der Waals surface area contributed by atoms with Crippen LogP contribution in [0.25, 0.3) is 22.6 Å². The first-order chi connectivity index (χ1) is 12.1. The normalized spacial score (nSPS) is 11.0. The molecule has 0 amide bonds. The smallest absolute Gasteiger partial charge is 0.232 e. The molecule has 124 valence electrons. The van der Waals surface area contributed by atoms with Gasteiger partial charge in [0.05, 0.1) is 15.6 Å². The summed E-state index contributed by atoms with van der Waals surface area (Å²) in [4.78, 5) is 8.73. The molecule has 0 radical (unpaired) electrons. The molecule has 0 bridgehead atoms. The van der Waals surface area contributed by atoms with E-state index in [0.717, 1.165) is 0 Å². The average Bonchev–Trinajstić information content (AvgIpc) is 3.01. The Morgan fingerprint density at radius 3 is 2.64 bits per heavy atom. The number of pyridine rings is 1. The van der Waals surface area contributed by atoms with Crippen LogP contribution >= 0.6 is 34.8 Å². The number of benzene rings is 2. The van der Waals surface area contributed by atoms with E-state index in [1.807, 2.05) is 6.07 Å². The third-order valence-electron chi connectivity index (χ3n) is 3.46. The van der Waals surface area contributed by atoms with Gasteiger partial charge in [-0.3, -0.25) is 0 Å². The third-order valence-corrected chi connectivity index (χ3v) is 4.43. The van der Waals surface area contributed by atoms with Gasteiger partial charge in [0.2, 0.25) is 11.8 Å². The zero-order valence-electron chi connectivity index (χ0n) is 12.5. The van der Waals surface area contributed by atoms with Gasteiger partial charge in [-0.2, -0.15) is 0 Å². The highest BCUT2D eigenvalue weighted by atomic mass is 35.5. The molecule has 0 atom stereocenters. The summed E-state index contributed by atoms with van der Waals surface area (Å²) in [7, 11) is 0. The number of oxazole rings is 1. The van der Waals surface area contributed by atoms with Crippen molar-refractivity contribution in [3.05, 3.63) is 69.8 Å². The molecule has 4 aromatic rings. The predicted octanol–water partition coefficient (Wildman–Crippen LogP) is 6.64. The maximum absolute atomic E-state index is 6.03. The van der Waals surface area contributed by atoms with Crippen LogP contribution in [0.1, 0.15) is 0 Å². The van der Waals surface area contributed by atoms with Crippen molar-refractivity contribution in [2.75, 3.05) is 0 Å². The molecule has 7 heteroatoms. The number of hydrogen-bond acceptors (Lipinski definition) is 4. The van der Waals surface area contributed by atoms with E-state index in [1.165, 1.54) is 0 Å². The lowest BCUT2D eigenvalue weighted by Gasteiger charge is -2.08. The Morgan fingerprint density at radius 1 is 0.920 bits per heavy atom. The summed E-state index contributed by atoms with van der Waals surface area (Å²) >= 11 is 18.0. The monoisotopic (exact) mass is 390 g/mol. The lowest BCUT2D eigenvalue weighted by atomic mass is 10.2. The van der Waals surface area contributed by atoms with Crippen LogP contribution in [0.2, 0.25) is 15.1 Å². The summed E-state index contributed by atoms with van der Waals surface area (Å²) in [5.74, 6) is 1.24. The Labute approximate surface area is 157 Å². The summed E-state index contributed by atoms with van der Waals surface area (Å²) < 4.78 is 11.6. The largest absolute Gasteiger partial charge is 0.438 e. The fourth-order valence-corrected chi connectivity index (χ4v) is 2.76. The van der Waals surface area contributed by atoms with Gasteiger partial charge >= 0.3 is 0 Å². The number of nitrogens with zero attached hydrogens (tertiary/aromatic N) is 2. The molecule has 4 rings (SSSR count). The van der Waals surface area contributed by atoms with Crippen LogP contribution in [0.15, 0.2) is 59.1 Å². The number of fused-ring (bicyclic) bond motifs is 1. The van der Waals surface area contributed by atoms with Gasteiger partial charge in [-0.1, -0.05) is 34.8 Å². The number of halogens is 3. The van der Waals surface area contributed by atoms with Crippen molar-refractivity contribution >= 4 is 45.9 Å². The minimum atomic E-state index is 0.346. The molecule has 0 aliphatic carbocycles. The second kappa shape index (κ2) is 6.56. The van der Waals surface area contributed by atoms with Gasteiger partial charge < -0.3 is 9.15 Å². The van der Waals surface area contributed by atoms with E-state index in [-0.39, 0.29) is 0 Å². The van der Waals surface area contributed by atoms with Crippen molar-refractivity contribution in [2.45, 2.75) is 0 Å². The molecule has 0 aliphatic rings. The van der Waals surface area contributed by atoms with Crippen LogP contribution in [-0.2, 0) is 0 Å².